The third-order valence-corrected chi connectivity index (χ3v) is 3.61. The first-order valence-corrected chi connectivity index (χ1v) is 7.04. The monoisotopic (exact) mass is 266 g/mol. The largest absolute Gasteiger partial charge is 0.371 e. The summed E-state index contributed by atoms with van der Waals surface area (Å²) in [7, 11) is 0. The number of nitrogens with one attached hydrogen (secondary N) is 1. The Balaban J connectivity index is 1.74. The summed E-state index contributed by atoms with van der Waals surface area (Å²) in [6, 6.07) is 17.4. The molecule has 0 aliphatic carbocycles. The van der Waals surface area contributed by atoms with Crippen LogP contribution in [0.4, 0.5) is 11.4 Å². The van der Waals surface area contributed by atoms with Gasteiger partial charge in [0, 0.05) is 30.0 Å². The quantitative estimate of drug-likeness (QED) is 0.921. The van der Waals surface area contributed by atoms with Crippen molar-refractivity contribution in [3.05, 3.63) is 60.2 Å². The van der Waals surface area contributed by atoms with E-state index < -0.39 is 0 Å². The van der Waals surface area contributed by atoms with E-state index in [0.717, 1.165) is 18.8 Å². The van der Waals surface area contributed by atoms with Gasteiger partial charge in [0.1, 0.15) is 0 Å². The van der Waals surface area contributed by atoms with Crippen molar-refractivity contribution in [3.63, 3.8) is 0 Å². The van der Waals surface area contributed by atoms with Gasteiger partial charge in [0.25, 0.3) is 5.91 Å². The Morgan fingerprint density at radius 2 is 1.70 bits per heavy atom. The second-order valence-corrected chi connectivity index (χ2v) is 5.06. The van der Waals surface area contributed by atoms with Gasteiger partial charge in [-0.2, -0.15) is 0 Å². The summed E-state index contributed by atoms with van der Waals surface area (Å²) in [6.45, 7) is 2.21. The molecule has 0 saturated carbocycles. The van der Waals surface area contributed by atoms with Gasteiger partial charge < -0.3 is 10.2 Å². The van der Waals surface area contributed by atoms with Crippen molar-refractivity contribution in [2.45, 2.75) is 12.8 Å². The summed E-state index contributed by atoms with van der Waals surface area (Å²) in [6.07, 6.45) is 2.50. The summed E-state index contributed by atoms with van der Waals surface area (Å²) < 4.78 is 0. The normalized spacial score (nSPS) is 14.3. The van der Waals surface area contributed by atoms with Crippen LogP contribution in [0.2, 0.25) is 0 Å². The second kappa shape index (κ2) is 5.78. The van der Waals surface area contributed by atoms with E-state index in [1.165, 1.54) is 18.5 Å². The molecule has 1 fully saturated rings. The highest BCUT2D eigenvalue weighted by molar-refractivity contribution is 6.04. The number of anilines is 2. The van der Waals surface area contributed by atoms with Crippen LogP contribution >= 0.6 is 0 Å². The Bertz CT molecular complexity index is 589. The van der Waals surface area contributed by atoms with Crippen LogP contribution in [-0.4, -0.2) is 19.0 Å². The molecule has 1 saturated heterocycles. The fourth-order valence-electron chi connectivity index (χ4n) is 2.55. The number of hydrogen-bond acceptors (Lipinski definition) is 2. The molecule has 1 N–H and O–H groups in total. The summed E-state index contributed by atoms with van der Waals surface area (Å²) in [5, 5.41) is 2.96. The molecule has 2 aromatic carbocycles. The van der Waals surface area contributed by atoms with Crippen molar-refractivity contribution in [2.75, 3.05) is 23.3 Å². The molecule has 3 nitrogen and oxygen atoms in total. The molecular weight excluding hydrogens is 248 g/mol. The molecule has 0 atom stereocenters. The average molecular weight is 266 g/mol. The van der Waals surface area contributed by atoms with Crippen molar-refractivity contribution in [1.82, 2.24) is 0 Å². The highest BCUT2D eigenvalue weighted by Gasteiger charge is 2.13. The molecule has 3 heteroatoms. The summed E-state index contributed by atoms with van der Waals surface area (Å²) in [5.74, 6) is -0.0656. The second-order valence-electron chi connectivity index (χ2n) is 5.06. The number of hydrogen-bond donors (Lipinski definition) is 1. The molecule has 1 aliphatic rings. The lowest BCUT2D eigenvalue weighted by Gasteiger charge is -2.18. The van der Waals surface area contributed by atoms with Crippen LogP contribution in [0.1, 0.15) is 23.2 Å². The number of carbonyl (C=O) groups excluding carboxylic acids is 1. The lowest BCUT2D eigenvalue weighted by molar-refractivity contribution is 0.102. The molecule has 0 aromatic heterocycles. The fraction of sp³-hybridized carbons (Fsp3) is 0.235. The third-order valence-electron chi connectivity index (χ3n) is 3.61. The molecular formula is C17H18N2O. The summed E-state index contributed by atoms with van der Waals surface area (Å²) in [4.78, 5) is 14.5. The molecule has 0 spiro atoms. The zero-order valence-corrected chi connectivity index (χ0v) is 11.4. The number of nitrogens with zero attached hydrogens (tertiary/aromatic N) is 1. The molecule has 0 bridgehead atoms. The lowest BCUT2D eigenvalue weighted by Crippen LogP contribution is -2.18. The zero-order valence-electron chi connectivity index (χ0n) is 11.4. The standard InChI is InChI=1S/C17H18N2O/c20-17(14-7-2-1-3-8-14)18-15-9-6-10-16(13-15)19-11-4-5-12-19/h1-3,6-10,13H,4-5,11-12H2,(H,18,20). The highest BCUT2D eigenvalue weighted by atomic mass is 16.1. The fourth-order valence-corrected chi connectivity index (χ4v) is 2.55. The van der Waals surface area contributed by atoms with Gasteiger partial charge in [-0.3, -0.25) is 4.79 Å². The Kier molecular flexibility index (Phi) is 3.68. The van der Waals surface area contributed by atoms with Crippen molar-refractivity contribution in [2.24, 2.45) is 0 Å². The first-order chi connectivity index (χ1) is 9.83. The maximum atomic E-state index is 12.1. The van der Waals surface area contributed by atoms with Crippen molar-refractivity contribution in [3.8, 4) is 0 Å². The topological polar surface area (TPSA) is 32.3 Å². The molecule has 2 aromatic rings. The first-order valence-electron chi connectivity index (χ1n) is 7.04. The van der Waals surface area contributed by atoms with E-state index in [1.807, 2.05) is 48.5 Å². The number of rotatable bonds is 3. The molecule has 3 rings (SSSR count). The van der Waals surface area contributed by atoms with Gasteiger partial charge in [0.05, 0.1) is 0 Å². The van der Waals surface area contributed by atoms with Gasteiger partial charge in [-0.25, -0.2) is 0 Å². The minimum Gasteiger partial charge on any atom is -0.371 e. The van der Waals surface area contributed by atoms with Crippen LogP contribution in [0.15, 0.2) is 54.6 Å². The maximum Gasteiger partial charge on any atom is 0.255 e. The van der Waals surface area contributed by atoms with Crippen molar-refractivity contribution in [1.29, 1.82) is 0 Å². The lowest BCUT2D eigenvalue weighted by atomic mass is 10.2. The van der Waals surface area contributed by atoms with E-state index in [4.69, 9.17) is 0 Å². The van der Waals surface area contributed by atoms with E-state index >= 15 is 0 Å². The molecule has 1 aliphatic heterocycles. The average Bonchev–Trinajstić information content (AvgIpc) is 3.03. The van der Waals surface area contributed by atoms with Crippen LogP contribution in [-0.2, 0) is 0 Å². The van der Waals surface area contributed by atoms with Gasteiger partial charge in [0.2, 0.25) is 0 Å². The van der Waals surface area contributed by atoms with Crippen molar-refractivity contribution >= 4 is 17.3 Å². The van der Waals surface area contributed by atoms with Gasteiger partial charge in [-0.1, -0.05) is 24.3 Å². The van der Waals surface area contributed by atoms with Gasteiger partial charge in [-0.15, -0.1) is 0 Å². The zero-order chi connectivity index (χ0) is 13.8. The van der Waals surface area contributed by atoms with Gasteiger partial charge >= 0.3 is 0 Å². The van der Waals surface area contributed by atoms with Crippen LogP contribution in [0.25, 0.3) is 0 Å². The highest BCUT2D eigenvalue weighted by Crippen LogP contribution is 2.23. The molecule has 20 heavy (non-hydrogen) atoms. The predicted octanol–water partition coefficient (Wildman–Crippen LogP) is 3.54. The summed E-state index contributed by atoms with van der Waals surface area (Å²) >= 11 is 0. The molecule has 1 amide bonds. The minimum atomic E-state index is -0.0656. The number of carbonyl (C=O) groups is 1. The number of benzene rings is 2. The van der Waals surface area contributed by atoms with E-state index in [2.05, 4.69) is 16.3 Å². The minimum absolute atomic E-state index is 0.0656. The van der Waals surface area contributed by atoms with Gasteiger partial charge in [0.15, 0.2) is 0 Å². The summed E-state index contributed by atoms with van der Waals surface area (Å²) in [5.41, 5.74) is 2.72. The molecule has 0 radical (unpaired) electrons. The Labute approximate surface area is 119 Å². The Hall–Kier alpha value is -2.29. The predicted molar refractivity (Wildman–Crippen MR) is 82.3 cm³/mol. The van der Waals surface area contributed by atoms with E-state index in [9.17, 15) is 4.79 Å². The van der Waals surface area contributed by atoms with Crippen LogP contribution in [0, 0.1) is 0 Å². The van der Waals surface area contributed by atoms with Crippen LogP contribution in [0.5, 0.6) is 0 Å². The van der Waals surface area contributed by atoms with E-state index in [-0.39, 0.29) is 5.91 Å². The van der Waals surface area contributed by atoms with Gasteiger partial charge in [-0.05, 0) is 43.2 Å². The molecule has 102 valence electrons. The first kappa shape index (κ1) is 12.7. The van der Waals surface area contributed by atoms with E-state index in [1.54, 1.807) is 0 Å². The van der Waals surface area contributed by atoms with E-state index in [0.29, 0.717) is 5.56 Å². The Morgan fingerprint density at radius 3 is 2.45 bits per heavy atom. The third kappa shape index (κ3) is 2.82. The molecule has 0 unspecified atom stereocenters. The number of amides is 1. The Morgan fingerprint density at radius 1 is 0.950 bits per heavy atom. The SMILES string of the molecule is O=C(Nc1cccc(N2CCCC2)c1)c1ccccc1. The smallest absolute Gasteiger partial charge is 0.255 e. The van der Waals surface area contributed by atoms with Crippen LogP contribution in [0.3, 0.4) is 0 Å². The van der Waals surface area contributed by atoms with Crippen molar-refractivity contribution < 1.29 is 4.79 Å². The maximum absolute atomic E-state index is 12.1. The van der Waals surface area contributed by atoms with Crippen LogP contribution < -0.4 is 10.2 Å². The molecule has 1 heterocycles.